The molecule has 1 aromatic carbocycles. The van der Waals surface area contributed by atoms with Gasteiger partial charge in [-0.25, -0.2) is 9.18 Å². The summed E-state index contributed by atoms with van der Waals surface area (Å²) in [5.41, 5.74) is 5.94. The Morgan fingerprint density at radius 3 is 2.50 bits per heavy atom. The van der Waals surface area contributed by atoms with E-state index in [4.69, 9.17) is 5.73 Å². The summed E-state index contributed by atoms with van der Waals surface area (Å²) in [5.74, 6) is -0.650. The van der Waals surface area contributed by atoms with Crippen molar-refractivity contribution < 1.29 is 18.9 Å². The van der Waals surface area contributed by atoms with Gasteiger partial charge in [0.1, 0.15) is 12.4 Å². The summed E-state index contributed by atoms with van der Waals surface area (Å²) in [4.78, 5) is 23.7. The number of imide groups is 1. The number of rotatable bonds is 5. The highest BCUT2D eigenvalue weighted by atomic mass is 19.1. The first-order valence-corrected chi connectivity index (χ1v) is 6.67. The maximum atomic E-state index is 12.9. The van der Waals surface area contributed by atoms with Crippen molar-refractivity contribution in [2.24, 2.45) is 5.73 Å². The lowest BCUT2D eigenvalue weighted by atomic mass is 10.1. The molecule has 0 aromatic heterocycles. The molecule has 4 N–H and O–H groups in total. The van der Waals surface area contributed by atoms with Crippen molar-refractivity contribution >= 4 is 11.9 Å². The van der Waals surface area contributed by atoms with E-state index in [0.29, 0.717) is 12.6 Å². The number of nitrogens with two attached hydrogens (primary N) is 1. The van der Waals surface area contributed by atoms with Crippen LogP contribution >= 0.6 is 0 Å². The van der Waals surface area contributed by atoms with Crippen LogP contribution in [0.3, 0.4) is 0 Å². The molecule has 3 amide bonds. The summed E-state index contributed by atoms with van der Waals surface area (Å²) in [6.45, 7) is 2.40. The predicted octanol–water partition coefficient (Wildman–Crippen LogP) is -0.0436. The highest BCUT2D eigenvalue weighted by Crippen LogP contribution is 2.16. The van der Waals surface area contributed by atoms with Gasteiger partial charge in [0.25, 0.3) is 5.91 Å². The summed E-state index contributed by atoms with van der Waals surface area (Å²) >= 11 is 0. The predicted molar refractivity (Wildman–Crippen MR) is 71.3 cm³/mol. The van der Waals surface area contributed by atoms with E-state index >= 15 is 0 Å². The summed E-state index contributed by atoms with van der Waals surface area (Å²) < 4.78 is 12.9. The minimum absolute atomic E-state index is 0.277. The summed E-state index contributed by atoms with van der Waals surface area (Å²) in [6, 6.07) is 5.46. The van der Waals surface area contributed by atoms with Gasteiger partial charge in [0.15, 0.2) is 6.04 Å². The minimum atomic E-state index is -0.834. The number of urea groups is 1. The molecule has 0 saturated heterocycles. The Hall–Kier alpha value is -1.95. The third-order valence-corrected chi connectivity index (χ3v) is 3.62. The second-order valence-electron chi connectivity index (χ2n) is 5.23. The zero-order chi connectivity index (χ0) is 14.7. The molecule has 1 aromatic rings. The molecule has 20 heavy (non-hydrogen) atoms. The van der Waals surface area contributed by atoms with Crippen molar-refractivity contribution in [2.75, 3.05) is 0 Å². The molecule has 6 heteroatoms. The van der Waals surface area contributed by atoms with Gasteiger partial charge in [-0.3, -0.25) is 10.1 Å². The number of hydrogen-bond acceptors (Lipinski definition) is 2. The fourth-order valence-corrected chi connectivity index (χ4v) is 2.34. The van der Waals surface area contributed by atoms with E-state index in [-0.39, 0.29) is 17.8 Å². The molecule has 0 aliphatic heterocycles. The van der Waals surface area contributed by atoms with Crippen LogP contribution in [0.2, 0.25) is 0 Å². The number of nitrogens with one attached hydrogen (secondary N) is 2. The smallest absolute Gasteiger partial charge is 0.319 e. The number of benzene rings is 1. The van der Waals surface area contributed by atoms with E-state index in [9.17, 15) is 14.0 Å². The topological polar surface area (TPSA) is 76.6 Å². The second kappa shape index (κ2) is 6.00. The fraction of sp³-hybridized carbons (Fsp3) is 0.429. The number of quaternary nitrogens is 1. The molecule has 5 nitrogen and oxygen atoms in total. The zero-order valence-electron chi connectivity index (χ0n) is 11.4. The normalized spacial score (nSPS) is 17.3. The lowest BCUT2D eigenvalue weighted by Crippen LogP contribution is -3.16. The van der Waals surface area contributed by atoms with Gasteiger partial charge >= 0.3 is 6.03 Å². The van der Waals surface area contributed by atoms with E-state index in [1.165, 1.54) is 12.1 Å². The third-order valence-electron chi connectivity index (χ3n) is 3.62. The van der Waals surface area contributed by atoms with Crippen molar-refractivity contribution in [3.63, 3.8) is 0 Å². The molecule has 0 heterocycles. The van der Waals surface area contributed by atoms with E-state index in [1.54, 1.807) is 19.1 Å². The Balaban J connectivity index is 2.05. The number of amides is 3. The molecule has 1 aliphatic rings. The monoisotopic (exact) mass is 280 g/mol. The molecule has 1 unspecified atom stereocenters. The molecule has 0 spiro atoms. The molecule has 0 bridgehead atoms. The highest BCUT2D eigenvalue weighted by molar-refractivity contribution is 5.95. The molecule has 1 saturated carbocycles. The summed E-state index contributed by atoms with van der Waals surface area (Å²) in [6.07, 6.45) is 2.12. The van der Waals surface area contributed by atoms with Crippen molar-refractivity contribution in [3.8, 4) is 0 Å². The molecule has 2 atom stereocenters. The first-order chi connectivity index (χ1) is 9.47. The minimum Gasteiger partial charge on any atom is -0.351 e. The standard InChI is InChI=1S/C14H18FN3O2/c1-9(13(19)17-14(16)20)18(12-6-7-12)8-10-2-4-11(15)5-3-10/h2-5,9,12H,6-8H2,1H3,(H3,16,17,19,20)/p+1/t9-/m1/s1. The van der Waals surface area contributed by atoms with Crippen molar-refractivity contribution in [1.29, 1.82) is 0 Å². The first kappa shape index (κ1) is 14.5. The van der Waals surface area contributed by atoms with Crippen molar-refractivity contribution in [3.05, 3.63) is 35.6 Å². The second-order valence-corrected chi connectivity index (χ2v) is 5.23. The highest BCUT2D eigenvalue weighted by Gasteiger charge is 2.39. The maximum Gasteiger partial charge on any atom is 0.319 e. The van der Waals surface area contributed by atoms with E-state index in [1.807, 2.05) is 0 Å². The molecule has 108 valence electrons. The van der Waals surface area contributed by atoms with Crippen LogP contribution in [0.1, 0.15) is 25.3 Å². The van der Waals surface area contributed by atoms with Crippen LogP contribution in [0.4, 0.5) is 9.18 Å². The van der Waals surface area contributed by atoms with Crippen LogP contribution < -0.4 is 16.0 Å². The van der Waals surface area contributed by atoms with E-state index in [2.05, 4.69) is 5.32 Å². The van der Waals surface area contributed by atoms with Gasteiger partial charge < -0.3 is 10.6 Å². The lowest BCUT2D eigenvalue weighted by molar-refractivity contribution is -0.938. The Bertz CT molecular complexity index is 500. The molecule has 1 fully saturated rings. The van der Waals surface area contributed by atoms with Crippen LogP contribution in [0, 0.1) is 5.82 Å². The van der Waals surface area contributed by atoms with Gasteiger partial charge in [0, 0.05) is 18.4 Å². The lowest BCUT2D eigenvalue weighted by Gasteiger charge is -2.25. The van der Waals surface area contributed by atoms with Crippen LogP contribution in [-0.4, -0.2) is 24.0 Å². The Labute approximate surface area is 116 Å². The summed E-state index contributed by atoms with van der Waals surface area (Å²) in [5, 5.41) is 2.12. The molecule has 1 aliphatic carbocycles. The largest absolute Gasteiger partial charge is 0.351 e. The SMILES string of the molecule is C[C@H](C(=O)NC(N)=O)[NH+](Cc1ccc(F)cc1)C1CC1. The number of carbonyl (C=O) groups excluding carboxylic acids is 2. The summed E-state index contributed by atoms with van der Waals surface area (Å²) in [7, 11) is 0. The molecular weight excluding hydrogens is 261 g/mol. The molecule has 0 radical (unpaired) electrons. The Morgan fingerprint density at radius 2 is 2.00 bits per heavy atom. The van der Waals surface area contributed by atoms with Crippen LogP contribution in [0.15, 0.2) is 24.3 Å². The molecule has 2 rings (SSSR count). The van der Waals surface area contributed by atoms with Crippen LogP contribution in [-0.2, 0) is 11.3 Å². The van der Waals surface area contributed by atoms with Crippen LogP contribution in [0.25, 0.3) is 0 Å². The van der Waals surface area contributed by atoms with Gasteiger partial charge in [-0.15, -0.1) is 0 Å². The quantitative estimate of drug-likeness (QED) is 0.707. The van der Waals surface area contributed by atoms with Gasteiger partial charge in [-0.1, -0.05) is 12.1 Å². The first-order valence-electron chi connectivity index (χ1n) is 6.67. The number of carbonyl (C=O) groups is 2. The van der Waals surface area contributed by atoms with E-state index < -0.39 is 6.03 Å². The van der Waals surface area contributed by atoms with Crippen LogP contribution in [0.5, 0.6) is 0 Å². The Kier molecular flexibility index (Phi) is 4.34. The Morgan fingerprint density at radius 1 is 1.40 bits per heavy atom. The number of hydrogen-bond donors (Lipinski definition) is 3. The van der Waals surface area contributed by atoms with Crippen molar-refractivity contribution in [2.45, 2.75) is 38.4 Å². The number of primary amides is 1. The maximum absolute atomic E-state index is 12.9. The fourth-order valence-electron chi connectivity index (χ4n) is 2.34. The van der Waals surface area contributed by atoms with Gasteiger partial charge in [0.2, 0.25) is 0 Å². The number of halogens is 1. The van der Waals surface area contributed by atoms with Gasteiger partial charge in [-0.2, -0.15) is 0 Å². The van der Waals surface area contributed by atoms with E-state index in [0.717, 1.165) is 23.3 Å². The average Bonchev–Trinajstić information content (AvgIpc) is 3.21. The van der Waals surface area contributed by atoms with Gasteiger partial charge in [-0.05, 0) is 19.1 Å². The zero-order valence-corrected chi connectivity index (χ0v) is 11.4. The van der Waals surface area contributed by atoms with Crippen molar-refractivity contribution in [1.82, 2.24) is 5.32 Å². The van der Waals surface area contributed by atoms with Gasteiger partial charge in [0.05, 0.1) is 6.04 Å². The third kappa shape index (κ3) is 3.77. The molecular formula is C14H19FN3O2+. The average molecular weight is 280 g/mol.